The number of hydrogen-bond donors (Lipinski definition) is 0. The predicted octanol–water partition coefficient (Wildman–Crippen LogP) is 2.81. The van der Waals surface area contributed by atoms with Crippen molar-refractivity contribution in [1.82, 2.24) is 0 Å². The van der Waals surface area contributed by atoms with Crippen LogP contribution in [0.5, 0.6) is 0 Å². The van der Waals surface area contributed by atoms with Crippen LogP contribution in [0.25, 0.3) is 0 Å². The van der Waals surface area contributed by atoms with Gasteiger partial charge >= 0.3 is 0 Å². The second-order valence-electron chi connectivity index (χ2n) is 2.51. The molecule has 0 saturated heterocycles. The second kappa shape index (κ2) is 3.19. The van der Waals surface area contributed by atoms with E-state index in [1.54, 1.807) is 24.1 Å². The van der Waals surface area contributed by atoms with Crippen molar-refractivity contribution >= 4 is 17.6 Å². The predicted molar refractivity (Wildman–Crippen MR) is 50.5 cm³/mol. The fraction of sp³-hybridized carbons (Fsp3) is 0.111. The average Bonchev–Trinajstić information content (AvgIpc) is 2.58. The van der Waals surface area contributed by atoms with Crippen LogP contribution in [0.1, 0.15) is 0 Å². The van der Waals surface area contributed by atoms with Gasteiger partial charge in [0.1, 0.15) is 5.82 Å². The molecule has 1 aromatic rings. The molecular weight excluding hydrogens is 173 g/mol. The van der Waals surface area contributed by atoms with Gasteiger partial charge in [0.25, 0.3) is 0 Å². The highest BCUT2D eigenvalue weighted by molar-refractivity contribution is 8.03. The van der Waals surface area contributed by atoms with Gasteiger partial charge in [0.15, 0.2) is 0 Å². The van der Waals surface area contributed by atoms with E-state index in [-0.39, 0.29) is 5.82 Å². The normalized spacial score (nSPS) is 15.6. The molecule has 1 nitrogen and oxygen atoms in total. The number of halogens is 1. The Morgan fingerprint density at radius 2 is 2.00 bits per heavy atom. The molecule has 1 aliphatic heterocycles. The second-order valence-corrected chi connectivity index (χ2v) is 3.44. The van der Waals surface area contributed by atoms with Crippen molar-refractivity contribution in [2.24, 2.45) is 0 Å². The van der Waals surface area contributed by atoms with Crippen LogP contribution in [0, 0.1) is 5.82 Å². The summed E-state index contributed by atoms with van der Waals surface area (Å²) in [6.07, 6.45) is 2.08. The minimum atomic E-state index is -0.184. The first kappa shape index (κ1) is 7.68. The molecule has 0 unspecified atom stereocenters. The molecule has 0 radical (unpaired) electrons. The minimum absolute atomic E-state index is 0.184. The first-order chi connectivity index (χ1) is 5.86. The van der Waals surface area contributed by atoms with E-state index in [1.165, 1.54) is 12.1 Å². The molecule has 1 aromatic carbocycles. The highest BCUT2D eigenvalue weighted by Gasteiger charge is 2.07. The highest BCUT2D eigenvalue weighted by atomic mass is 32.2. The van der Waals surface area contributed by atoms with Crippen molar-refractivity contribution in [3.63, 3.8) is 0 Å². The van der Waals surface area contributed by atoms with Crippen LogP contribution in [0.3, 0.4) is 0 Å². The molecule has 1 aliphatic rings. The number of anilines is 1. The van der Waals surface area contributed by atoms with Gasteiger partial charge in [0, 0.05) is 12.2 Å². The molecule has 0 spiro atoms. The number of rotatable bonds is 1. The van der Waals surface area contributed by atoms with Crippen LogP contribution in [0.2, 0.25) is 0 Å². The Morgan fingerprint density at radius 1 is 1.25 bits per heavy atom. The largest absolute Gasteiger partial charge is 0.309 e. The molecular formula is C9H8FNS. The van der Waals surface area contributed by atoms with E-state index in [9.17, 15) is 4.39 Å². The van der Waals surface area contributed by atoms with E-state index in [1.807, 2.05) is 5.41 Å². The lowest BCUT2D eigenvalue weighted by Crippen LogP contribution is -2.08. The molecule has 0 atom stereocenters. The molecule has 62 valence electrons. The Balaban J connectivity index is 2.18. The Kier molecular flexibility index (Phi) is 2.04. The minimum Gasteiger partial charge on any atom is -0.309 e. The maximum absolute atomic E-state index is 12.5. The smallest absolute Gasteiger partial charge is 0.123 e. The summed E-state index contributed by atoms with van der Waals surface area (Å²) in [5.74, 6) is -0.184. The maximum Gasteiger partial charge on any atom is 0.123 e. The zero-order valence-electron chi connectivity index (χ0n) is 6.40. The van der Waals surface area contributed by atoms with Crippen LogP contribution in [0.15, 0.2) is 35.7 Å². The highest BCUT2D eigenvalue weighted by Crippen LogP contribution is 2.26. The summed E-state index contributed by atoms with van der Waals surface area (Å²) in [5.41, 5.74) is 1.05. The third-order valence-electron chi connectivity index (χ3n) is 1.67. The van der Waals surface area contributed by atoms with Crippen LogP contribution >= 0.6 is 11.9 Å². The monoisotopic (exact) mass is 181 g/mol. The van der Waals surface area contributed by atoms with Gasteiger partial charge < -0.3 is 4.31 Å². The fourth-order valence-corrected chi connectivity index (χ4v) is 1.81. The van der Waals surface area contributed by atoms with Gasteiger partial charge in [-0.2, -0.15) is 0 Å². The van der Waals surface area contributed by atoms with Crippen molar-refractivity contribution in [3.05, 3.63) is 41.6 Å². The Morgan fingerprint density at radius 3 is 2.58 bits per heavy atom. The van der Waals surface area contributed by atoms with Gasteiger partial charge in [-0.15, -0.1) is 0 Å². The third-order valence-corrected chi connectivity index (χ3v) is 2.60. The van der Waals surface area contributed by atoms with Crippen molar-refractivity contribution < 1.29 is 4.39 Å². The average molecular weight is 181 g/mol. The lowest BCUT2D eigenvalue weighted by atomic mass is 10.3. The van der Waals surface area contributed by atoms with Crippen LogP contribution in [-0.4, -0.2) is 6.54 Å². The fourth-order valence-electron chi connectivity index (χ4n) is 1.07. The molecule has 12 heavy (non-hydrogen) atoms. The van der Waals surface area contributed by atoms with E-state index < -0.39 is 0 Å². The lowest BCUT2D eigenvalue weighted by molar-refractivity contribution is 0.628. The van der Waals surface area contributed by atoms with E-state index in [0.717, 1.165) is 12.2 Å². The van der Waals surface area contributed by atoms with Crippen LogP contribution < -0.4 is 4.31 Å². The van der Waals surface area contributed by atoms with Crippen molar-refractivity contribution in [1.29, 1.82) is 0 Å². The first-order valence-electron chi connectivity index (χ1n) is 3.71. The van der Waals surface area contributed by atoms with Crippen molar-refractivity contribution in [2.45, 2.75) is 0 Å². The summed E-state index contributed by atoms with van der Waals surface area (Å²) >= 11 is 1.63. The Bertz CT molecular complexity index is 286. The van der Waals surface area contributed by atoms with Crippen molar-refractivity contribution in [3.8, 4) is 0 Å². The molecule has 0 fully saturated rings. The zero-order chi connectivity index (χ0) is 8.39. The molecule has 0 bridgehead atoms. The molecule has 1 heterocycles. The van der Waals surface area contributed by atoms with E-state index in [2.05, 4.69) is 10.4 Å². The summed E-state index contributed by atoms with van der Waals surface area (Å²) in [7, 11) is 0. The van der Waals surface area contributed by atoms with E-state index in [0.29, 0.717) is 0 Å². The van der Waals surface area contributed by atoms with Gasteiger partial charge in [-0.05, 0) is 41.6 Å². The summed E-state index contributed by atoms with van der Waals surface area (Å²) < 4.78 is 14.6. The van der Waals surface area contributed by atoms with E-state index >= 15 is 0 Å². The van der Waals surface area contributed by atoms with Gasteiger partial charge in [0.2, 0.25) is 0 Å². The SMILES string of the molecule is Fc1ccc(N2CC=CS2)cc1. The number of benzene rings is 1. The topological polar surface area (TPSA) is 3.24 Å². The summed E-state index contributed by atoms with van der Waals surface area (Å²) in [4.78, 5) is 0. The Hall–Kier alpha value is -0.960. The number of hydrogen-bond acceptors (Lipinski definition) is 2. The quantitative estimate of drug-likeness (QED) is 0.613. The van der Waals surface area contributed by atoms with Gasteiger partial charge in [-0.1, -0.05) is 6.08 Å². The number of nitrogens with zero attached hydrogens (tertiary/aromatic N) is 1. The summed E-state index contributed by atoms with van der Waals surface area (Å²) in [6.45, 7) is 0.899. The molecule has 0 amide bonds. The van der Waals surface area contributed by atoms with Crippen molar-refractivity contribution in [2.75, 3.05) is 10.8 Å². The Labute approximate surface area is 75.0 Å². The molecule has 2 rings (SSSR count). The lowest BCUT2D eigenvalue weighted by Gasteiger charge is -2.14. The molecule has 0 saturated carbocycles. The maximum atomic E-state index is 12.5. The van der Waals surface area contributed by atoms with Crippen LogP contribution in [0.4, 0.5) is 10.1 Å². The molecule has 3 heteroatoms. The van der Waals surface area contributed by atoms with Crippen LogP contribution in [-0.2, 0) is 0 Å². The van der Waals surface area contributed by atoms with E-state index in [4.69, 9.17) is 0 Å². The molecule has 0 aromatic heterocycles. The summed E-state index contributed by atoms with van der Waals surface area (Å²) in [6, 6.07) is 6.53. The third kappa shape index (κ3) is 1.46. The van der Waals surface area contributed by atoms with Gasteiger partial charge in [0.05, 0.1) is 0 Å². The summed E-state index contributed by atoms with van der Waals surface area (Å²) in [5, 5.41) is 2.03. The van der Waals surface area contributed by atoms with Gasteiger partial charge in [-0.25, -0.2) is 4.39 Å². The molecule has 0 N–H and O–H groups in total. The molecule has 0 aliphatic carbocycles. The zero-order valence-corrected chi connectivity index (χ0v) is 7.22. The van der Waals surface area contributed by atoms with Gasteiger partial charge in [-0.3, -0.25) is 0 Å². The standard InChI is InChI=1S/C9H8FNS/c10-8-2-4-9(5-3-8)11-6-1-7-12-11/h1-5,7H,6H2. The first-order valence-corrected chi connectivity index (χ1v) is 4.55.